The summed E-state index contributed by atoms with van der Waals surface area (Å²) in [5.41, 5.74) is 2.35. The Kier molecular flexibility index (Phi) is 1.71. The lowest BCUT2D eigenvalue weighted by molar-refractivity contribution is -0.126. The van der Waals surface area contributed by atoms with E-state index in [1.165, 1.54) is 5.69 Å². The van der Waals surface area contributed by atoms with Crippen LogP contribution in [-0.2, 0) is 17.8 Å². The van der Waals surface area contributed by atoms with E-state index in [0.29, 0.717) is 0 Å². The minimum absolute atomic E-state index is 0.128. The van der Waals surface area contributed by atoms with Gasteiger partial charge in [-0.15, -0.1) is 0 Å². The molecule has 78 valence electrons. The Morgan fingerprint density at radius 2 is 2.47 bits per heavy atom. The second-order valence-corrected chi connectivity index (χ2v) is 3.95. The Morgan fingerprint density at radius 3 is 3.27 bits per heavy atom. The van der Waals surface area contributed by atoms with Gasteiger partial charge in [0.15, 0.2) is 0 Å². The van der Waals surface area contributed by atoms with Crippen LogP contribution in [0.1, 0.15) is 24.4 Å². The zero-order chi connectivity index (χ0) is 10.4. The van der Waals surface area contributed by atoms with Crippen LogP contribution in [0.4, 0.5) is 0 Å². The number of rotatable bonds is 1. The first-order chi connectivity index (χ1) is 7.31. The van der Waals surface area contributed by atoms with E-state index in [0.717, 1.165) is 25.2 Å². The van der Waals surface area contributed by atoms with Gasteiger partial charge in [-0.05, 0) is 6.92 Å². The van der Waals surface area contributed by atoms with Gasteiger partial charge in [0.2, 0.25) is 5.91 Å². The van der Waals surface area contributed by atoms with Crippen LogP contribution in [0.2, 0.25) is 0 Å². The molecule has 3 heterocycles. The molecule has 0 saturated carbocycles. The number of carbonyl (C=O) groups is 1. The van der Waals surface area contributed by atoms with Gasteiger partial charge in [0.05, 0.1) is 23.8 Å². The van der Waals surface area contributed by atoms with E-state index in [-0.39, 0.29) is 11.9 Å². The van der Waals surface area contributed by atoms with E-state index in [1.54, 1.807) is 6.08 Å². The summed E-state index contributed by atoms with van der Waals surface area (Å²) in [7, 11) is 0. The van der Waals surface area contributed by atoms with Crippen LogP contribution in [0.25, 0.3) is 0 Å². The van der Waals surface area contributed by atoms with Crippen LogP contribution in [0.3, 0.4) is 0 Å². The van der Waals surface area contributed by atoms with Crippen molar-refractivity contribution in [2.24, 2.45) is 0 Å². The summed E-state index contributed by atoms with van der Waals surface area (Å²) >= 11 is 0. The molecule has 0 N–H and O–H groups in total. The Labute approximate surface area is 88.2 Å². The summed E-state index contributed by atoms with van der Waals surface area (Å²) < 4.78 is 2.13. The molecule has 0 spiro atoms. The highest BCUT2D eigenvalue weighted by molar-refractivity contribution is 5.91. The average Bonchev–Trinajstić information content (AvgIpc) is 2.81. The van der Waals surface area contributed by atoms with Gasteiger partial charge in [-0.25, -0.2) is 4.98 Å². The number of amides is 1. The highest BCUT2D eigenvalue weighted by Gasteiger charge is 2.34. The first-order valence-corrected chi connectivity index (χ1v) is 5.34. The Bertz CT molecular complexity index is 433. The van der Waals surface area contributed by atoms with E-state index in [2.05, 4.69) is 16.5 Å². The van der Waals surface area contributed by atoms with Crippen molar-refractivity contribution in [2.45, 2.75) is 25.9 Å². The summed E-state index contributed by atoms with van der Waals surface area (Å²) in [5, 5.41) is 0. The third-order valence-corrected chi connectivity index (χ3v) is 3.21. The summed E-state index contributed by atoms with van der Waals surface area (Å²) in [6.45, 7) is 3.81. The number of fused-ring (bicyclic) bond motifs is 3. The smallest absolute Gasteiger partial charge is 0.247 e. The predicted octanol–water partition coefficient (Wildman–Crippen LogP) is 0.899. The maximum absolute atomic E-state index is 11.5. The molecule has 1 amide bonds. The number of nitrogens with zero attached hydrogens (tertiary/aromatic N) is 3. The highest BCUT2D eigenvalue weighted by atomic mass is 16.2. The fraction of sp³-hybridized carbons (Fsp3) is 0.455. The van der Waals surface area contributed by atoms with Gasteiger partial charge in [-0.3, -0.25) is 4.79 Å². The van der Waals surface area contributed by atoms with E-state index in [4.69, 9.17) is 0 Å². The fourth-order valence-electron chi connectivity index (χ4n) is 2.44. The van der Waals surface area contributed by atoms with Gasteiger partial charge >= 0.3 is 0 Å². The Hall–Kier alpha value is -1.58. The van der Waals surface area contributed by atoms with Gasteiger partial charge in [0.1, 0.15) is 0 Å². The average molecular weight is 203 g/mol. The minimum Gasteiger partial charge on any atom is -0.333 e. The summed E-state index contributed by atoms with van der Waals surface area (Å²) in [4.78, 5) is 17.9. The quantitative estimate of drug-likeness (QED) is 0.680. The van der Waals surface area contributed by atoms with Crippen LogP contribution < -0.4 is 0 Å². The van der Waals surface area contributed by atoms with Crippen LogP contribution in [-0.4, -0.2) is 26.9 Å². The number of hydrogen-bond acceptors (Lipinski definition) is 2. The topological polar surface area (TPSA) is 38.1 Å². The van der Waals surface area contributed by atoms with Crippen molar-refractivity contribution in [3.8, 4) is 0 Å². The van der Waals surface area contributed by atoms with Gasteiger partial charge in [0.25, 0.3) is 0 Å². The second kappa shape index (κ2) is 2.95. The number of hydrogen-bond donors (Lipinski definition) is 0. The molecule has 4 heteroatoms. The van der Waals surface area contributed by atoms with E-state index in [9.17, 15) is 4.79 Å². The molecule has 0 bridgehead atoms. The molecule has 0 aromatic carbocycles. The molecule has 0 radical (unpaired) electrons. The van der Waals surface area contributed by atoms with Crippen molar-refractivity contribution in [3.05, 3.63) is 29.9 Å². The van der Waals surface area contributed by atoms with Crippen LogP contribution in [0.15, 0.2) is 18.5 Å². The third-order valence-electron chi connectivity index (χ3n) is 3.21. The number of imidazole rings is 1. The molecule has 1 aromatic heterocycles. The van der Waals surface area contributed by atoms with Gasteiger partial charge in [-0.2, -0.15) is 0 Å². The normalized spacial score (nSPS) is 23.1. The molecular formula is C11H13N3O. The monoisotopic (exact) mass is 203 g/mol. The van der Waals surface area contributed by atoms with Gasteiger partial charge in [-0.1, -0.05) is 6.08 Å². The van der Waals surface area contributed by atoms with Crippen molar-refractivity contribution in [2.75, 3.05) is 6.54 Å². The maximum Gasteiger partial charge on any atom is 0.247 e. The molecule has 1 aromatic rings. The second-order valence-electron chi connectivity index (χ2n) is 3.95. The fourth-order valence-corrected chi connectivity index (χ4v) is 2.44. The Balaban J connectivity index is 2.10. The van der Waals surface area contributed by atoms with Crippen LogP contribution in [0.5, 0.6) is 0 Å². The largest absolute Gasteiger partial charge is 0.333 e. The molecule has 0 fully saturated rings. The molecule has 1 unspecified atom stereocenters. The molecule has 15 heavy (non-hydrogen) atoms. The lowest BCUT2D eigenvalue weighted by Crippen LogP contribution is -2.35. The molecule has 3 rings (SSSR count). The van der Waals surface area contributed by atoms with Gasteiger partial charge < -0.3 is 9.47 Å². The molecule has 0 aliphatic carbocycles. The Morgan fingerprint density at radius 1 is 1.60 bits per heavy atom. The predicted molar refractivity (Wildman–Crippen MR) is 55.2 cm³/mol. The van der Waals surface area contributed by atoms with Crippen molar-refractivity contribution < 1.29 is 4.79 Å². The minimum atomic E-state index is 0.128. The number of aryl methyl sites for hydroxylation is 1. The van der Waals surface area contributed by atoms with Gasteiger partial charge in [0, 0.05) is 25.6 Å². The first-order valence-electron chi connectivity index (χ1n) is 5.34. The zero-order valence-electron chi connectivity index (χ0n) is 8.68. The number of carbonyl (C=O) groups excluding carboxylic acids is 1. The lowest BCUT2D eigenvalue weighted by Gasteiger charge is -2.30. The summed E-state index contributed by atoms with van der Waals surface area (Å²) in [6.07, 6.45) is 6.41. The summed E-state index contributed by atoms with van der Waals surface area (Å²) in [5.74, 6) is 0.134. The standard InChI is InChI=1S/C11H13N3O/c1-2-13-7-12-8-5-6-14-9(11(8)13)3-4-10(14)15/h3-4,7,9H,2,5-6H2,1H3. The van der Waals surface area contributed by atoms with Crippen molar-refractivity contribution in [3.63, 3.8) is 0 Å². The third kappa shape index (κ3) is 1.07. The van der Waals surface area contributed by atoms with Crippen molar-refractivity contribution >= 4 is 5.91 Å². The molecule has 2 aliphatic rings. The first kappa shape index (κ1) is 8.71. The molecule has 4 nitrogen and oxygen atoms in total. The van der Waals surface area contributed by atoms with E-state index in [1.807, 2.05) is 17.3 Å². The molecule has 0 saturated heterocycles. The van der Waals surface area contributed by atoms with Crippen LogP contribution in [0, 0.1) is 0 Å². The van der Waals surface area contributed by atoms with E-state index >= 15 is 0 Å². The van der Waals surface area contributed by atoms with Crippen molar-refractivity contribution in [1.29, 1.82) is 0 Å². The maximum atomic E-state index is 11.5. The van der Waals surface area contributed by atoms with Crippen LogP contribution >= 0.6 is 0 Å². The molecular weight excluding hydrogens is 190 g/mol. The molecule has 2 aliphatic heterocycles. The lowest BCUT2D eigenvalue weighted by atomic mass is 10.0. The van der Waals surface area contributed by atoms with E-state index < -0.39 is 0 Å². The zero-order valence-corrected chi connectivity index (χ0v) is 8.68. The number of aromatic nitrogens is 2. The molecule has 1 atom stereocenters. The SMILES string of the molecule is CCn1cnc2c1C1C=CC(=O)N1CC2. The highest BCUT2D eigenvalue weighted by Crippen LogP contribution is 2.33. The van der Waals surface area contributed by atoms with Crippen molar-refractivity contribution in [1.82, 2.24) is 14.5 Å². The summed E-state index contributed by atoms with van der Waals surface area (Å²) in [6, 6.07) is 0.128.